The Bertz CT molecular complexity index is 590. The summed E-state index contributed by atoms with van der Waals surface area (Å²) in [5.74, 6) is 1.07. The number of pyridine rings is 1. The van der Waals surface area contributed by atoms with Gasteiger partial charge in [0.25, 0.3) is 0 Å². The normalized spacial score (nSPS) is 11.0. The van der Waals surface area contributed by atoms with E-state index in [1.54, 1.807) is 4.52 Å². The zero-order chi connectivity index (χ0) is 14.5. The summed E-state index contributed by atoms with van der Waals surface area (Å²) in [5, 5.41) is 10.3. The highest BCUT2D eigenvalue weighted by molar-refractivity contribution is 5.76. The number of hydrogen-bond donors (Lipinski definition) is 2. The SMILES string of the molecule is Cc1cccc2nc(NCCC(=O)NCC(C)C)nn12. The molecule has 2 aromatic rings. The van der Waals surface area contributed by atoms with Gasteiger partial charge in [-0.15, -0.1) is 5.10 Å². The first-order valence-electron chi connectivity index (χ1n) is 6.89. The van der Waals surface area contributed by atoms with Gasteiger partial charge in [0, 0.05) is 25.2 Å². The topological polar surface area (TPSA) is 71.3 Å². The smallest absolute Gasteiger partial charge is 0.243 e. The second kappa shape index (κ2) is 6.36. The van der Waals surface area contributed by atoms with Gasteiger partial charge < -0.3 is 10.6 Å². The minimum absolute atomic E-state index is 0.0474. The fourth-order valence-corrected chi connectivity index (χ4v) is 1.80. The lowest BCUT2D eigenvalue weighted by atomic mass is 10.2. The maximum absolute atomic E-state index is 11.6. The minimum Gasteiger partial charge on any atom is -0.356 e. The molecule has 0 aliphatic heterocycles. The third-order valence-corrected chi connectivity index (χ3v) is 2.89. The third-order valence-electron chi connectivity index (χ3n) is 2.89. The van der Waals surface area contributed by atoms with Gasteiger partial charge in [-0.05, 0) is 25.0 Å². The lowest BCUT2D eigenvalue weighted by Gasteiger charge is -2.07. The van der Waals surface area contributed by atoms with Crippen LogP contribution in [0.25, 0.3) is 5.65 Å². The fourth-order valence-electron chi connectivity index (χ4n) is 1.80. The standard InChI is InChI=1S/C14H21N5O/c1-10(2)9-16-13(20)7-8-15-14-17-12-6-4-5-11(3)19(12)18-14/h4-6,10H,7-9H2,1-3H3,(H,15,18)(H,16,20). The number of nitrogens with one attached hydrogen (secondary N) is 2. The summed E-state index contributed by atoms with van der Waals surface area (Å²) in [6, 6.07) is 5.83. The van der Waals surface area contributed by atoms with Crippen LogP contribution < -0.4 is 10.6 Å². The first-order valence-corrected chi connectivity index (χ1v) is 6.89. The van der Waals surface area contributed by atoms with Gasteiger partial charge in [0.05, 0.1) is 0 Å². The number of hydrogen-bond acceptors (Lipinski definition) is 4. The van der Waals surface area contributed by atoms with Gasteiger partial charge >= 0.3 is 0 Å². The molecule has 2 N–H and O–H groups in total. The second-order valence-electron chi connectivity index (χ2n) is 5.25. The average Bonchev–Trinajstić information content (AvgIpc) is 2.81. The van der Waals surface area contributed by atoms with Crippen LogP contribution in [0, 0.1) is 12.8 Å². The highest BCUT2D eigenvalue weighted by Gasteiger charge is 2.06. The highest BCUT2D eigenvalue weighted by Crippen LogP contribution is 2.07. The summed E-state index contributed by atoms with van der Waals surface area (Å²) in [4.78, 5) is 15.9. The lowest BCUT2D eigenvalue weighted by Crippen LogP contribution is -2.28. The number of aromatic nitrogens is 3. The first-order chi connectivity index (χ1) is 9.56. The fraction of sp³-hybridized carbons (Fsp3) is 0.500. The molecule has 2 rings (SSSR count). The van der Waals surface area contributed by atoms with E-state index in [1.807, 2.05) is 25.1 Å². The molecule has 0 aromatic carbocycles. The van der Waals surface area contributed by atoms with Gasteiger partial charge in [-0.25, -0.2) is 4.52 Å². The summed E-state index contributed by atoms with van der Waals surface area (Å²) in [5.41, 5.74) is 1.83. The van der Waals surface area contributed by atoms with E-state index in [-0.39, 0.29) is 5.91 Å². The number of fused-ring (bicyclic) bond motifs is 1. The van der Waals surface area contributed by atoms with E-state index in [2.05, 4.69) is 34.6 Å². The van der Waals surface area contributed by atoms with Crippen LogP contribution in [0.4, 0.5) is 5.95 Å². The van der Waals surface area contributed by atoms with Crippen molar-refractivity contribution in [3.8, 4) is 0 Å². The Kier molecular flexibility index (Phi) is 4.55. The molecule has 0 unspecified atom stereocenters. The van der Waals surface area contributed by atoms with Crippen LogP contribution in [-0.4, -0.2) is 33.6 Å². The van der Waals surface area contributed by atoms with E-state index in [0.29, 0.717) is 31.4 Å². The number of amides is 1. The number of aryl methyl sites for hydroxylation is 1. The van der Waals surface area contributed by atoms with Crippen molar-refractivity contribution in [2.75, 3.05) is 18.4 Å². The lowest BCUT2D eigenvalue weighted by molar-refractivity contribution is -0.120. The number of anilines is 1. The van der Waals surface area contributed by atoms with Crippen LogP contribution in [0.15, 0.2) is 18.2 Å². The van der Waals surface area contributed by atoms with Crippen LogP contribution in [0.3, 0.4) is 0 Å². The maximum atomic E-state index is 11.6. The molecule has 0 saturated heterocycles. The average molecular weight is 275 g/mol. The first kappa shape index (κ1) is 14.3. The van der Waals surface area contributed by atoms with Gasteiger partial charge in [0.1, 0.15) is 0 Å². The Morgan fingerprint density at radius 3 is 2.90 bits per heavy atom. The molecule has 0 aliphatic rings. The van der Waals surface area contributed by atoms with Gasteiger partial charge in [0.2, 0.25) is 11.9 Å². The highest BCUT2D eigenvalue weighted by atomic mass is 16.1. The molecule has 2 aromatic heterocycles. The minimum atomic E-state index is 0.0474. The van der Waals surface area contributed by atoms with Crippen molar-refractivity contribution in [2.24, 2.45) is 5.92 Å². The molecule has 0 bridgehead atoms. The molecule has 1 amide bonds. The quantitative estimate of drug-likeness (QED) is 0.840. The number of nitrogens with zero attached hydrogens (tertiary/aromatic N) is 3. The van der Waals surface area contributed by atoms with Crippen molar-refractivity contribution >= 4 is 17.5 Å². The predicted octanol–water partition coefficient (Wildman–Crippen LogP) is 1.61. The summed E-state index contributed by atoms with van der Waals surface area (Å²) < 4.78 is 1.78. The molecule has 0 fully saturated rings. The van der Waals surface area contributed by atoms with Crippen LogP contribution in [0.5, 0.6) is 0 Å². The molecular weight excluding hydrogens is 254 g/mol. The van der Waals surface area contributed by atoms with Crippen LogP contribution in [-0.2, 0) is 4.79 Å². The van der Waals surface area contributed by atoms with E-state index in [0.717, 1.165) is 11.3 Å². The second-order valence-corrected chi connectivity index (χ2v) is 5.25. The molecule has 20 heavy (non-hydrogen) atoms. The Morgan fingerprint density at radius 1 is 1.40 bits per heavy atom. The summed E-state index contributed by atoms with van der Waals surface area (Å²) in [6.07, 6.45) is 0.418. The van der Waals surface area contributed by atoms with Crippen molar-refractivity contribution in [1.29, 1.82) is 0 Å². The third kappa shape index (κ3) is 3.69. The van der Waals surface area contributed by atoms with Crippen LogP contribution >= 0.6 is 0 Å². The Labute approximate surface area is 118 Å². The molecule has 0 spiro atoms. The summed E-state index contributed by atoms with van der Waals surface area (Å²) in [6.45, 7) is 7.36. The summed E-state index contributed by atoms with van der Waals surface area (Å²) >= 11 is 0. The molecule has 6 heteroatoms. The van der Waals surface area contributed by atoms with E-state index in [9.17, 15) is 4.79 Å². The molecule has 2 heterocycles. The Morgan fingerprint density at radius 2 is 2.20 bits per heavy atom. The van der Waals surface area contributed by atoms with Crippen molar-refractivity contribution in [3.05, 3.63) is 23.9 Å². The van der Waals surface area contributed by atoms with Crippen LogP contribution in [0.2, 0.25) is 0 Å². The molecule has 6 nitrogen and oxygen atoms in total. The zero-order valence-electron chi connectivity index (χ0n) is 12.2. The van der Waals surface area contributed by atoms with Crippen LogP contribution in [0.1, 0.15) is 26.0 Å². The number of carbonyl (C=O) groups is 1. The van der Waals surface area contributed by atoms with Crippen molar-refractivity contribution in [1.82, 2.24) is 19.9 Å². The number of carbonyl (C=O) groups excluding carboxylic acids is 1. The molecule has 0 atom stereocenters. The molecule has 108 valence electrons. The van der Waals surface area contributed by atoms with E-state index >= 15 is 0 Å². The maximum Gasteiger partial charge on any atom is 0.243 e. The largest absolute Gasteiger partial charge is 0.356 e. The Balaban J connectivity index is 1.84. The van der Waals surface area contributed by atoms with Gasteiger partial charge in [-0.1, -0.05) is 19.9 Å². The van der Waals surface area contributed by atoms with Gasteiger partial charge in [-0.3, -0.25) is 4.79 Å². The molecule has 0 saturated carbocycles. The number of rotatable bonds is 6. The monoisotopic (exact) mass is 275 g/mol. The van der Waals surface area contributed by atoms with Gasteiger partial charge in [-0.2, -0.15) is 4.98 Å². The van der Waals surface area contributed by atoms with Crippen molar-refractivity contribution in [2.45, 2.75) is 27.2 Å². The van der Waals surface area contributed by atoms with Gasteiger partial charge in [0.15, 0.2) is 5.65 Å². The zero-order valence-corrected chi connectivity index (χ0v) is 12.2. The summed E-state index contributed by atoms with van der Waals surface area (Å²) in [7, 11) is 0. The van der Waals surface area contributed by atoms with E-state index in [1.165, 1.54) is 0 Å². The van der Waals surface area contributed by atoms with Crippen molar-refractivity contribution < 1.29 is 4.79 Å². The molecular formula is C14H21N5O. The van der Waals surface area contributed by atoms with Crippen molar-refractivity contribution in [3.63, 3.8) is 0 Å². The van der Waals surface area contributed by atoms with E-state index in [4.69, 9.17) is 0 Å². The molecule has 0 radical (unpaired) electrons. The van der Waals surface area contributed by atoms with E-state index < -0.39 is 0 Å². The predicted molar refractivity (Wildman–Crippen MR) is 78.7 cm³/mol. The molecule has 0 aliphatic carbocycles. The Hall–Kier alpha value is -2.11.